The average molecular weight is 504 g/mol. The molecule has 3 aliphatic rings. The van der Waals surface area contributed by atoms with Gasteiger partial charge in [0.1, 0.15) is 23.0 Å². The Bertz CT molecular complexity index is 1450. The maximum Gasteiger partial charge on any atom is 0.135 e. The van der Waals surface area contributed by atoms with E-state index in [1.54, 1.807) is 0 Å². The molecule has 0 aromatic heterocycles. The van der Waals surface area contributed by atoms with Crippen LogP contribution in [0.15, 0.2) is 72.8 Å². The molecule has 0 unspecified atom stereocenters. The Morgan fingerprint density at radius 1 is 0.579 bits per heavy atom. The SMILES string of the molecule is CCN(CC)c1cc2c3c(c1)N(c1ccccc1)c1cc(N(CC)CC)cc4c1C3c1c(cccc1O4)O2. The minimum Gasteiger partial charge on any atom is -0.456 e. The number of hydrogen-bond donors (Lipinski definition) is 0. The number of anilines is 5. The second-order valence-electron chi connectivity index (χ2n) is 10.1. The van der Waals surface area contributed by atoms with Gasteiger partial charge < -0.3 is 24.2 Å². The molecule has 0 radical (unpaired) electrons. The van der Waals surface area contributed by atoms with Crippen LogP contribution in [0.25, 0.3) is 0 Å². The van der Waals surface area contributed by atoms with Gasteiger partial charge in [-0.3, -0.25) is 0 Å². The molecule has 0 aliphatic carbocycles. The van der Waals surface area contributed by atoms with Crippen molar-refractivity contribution in [3.63, 3.8) is 0 Å². The summed E-state index contributed by atoms with van der Waals surface area (Å²) in [6.45, 7) is 12.6. The Morgan fingerprint density at radius 3 is 1.55 bits per heavy atom. The lowest BCUT2D eigenvalue weighted by Gasteiger charge is -2.45. The van der Waals surface area contributed by atoms with E-state index in [4.69, 9.17) is 9.47 Å². The van der Waals surface area contributed by atoms with E-state index in [0.717, 1.165) is 60.4 Å². The molecule has 38 heavy (non-hydrogen) atoms. The molecule has 0 spiro atoms. The van der Waals surface area contributed by atoms with Gasteiger partial charge in [0.2, 0.25) is 0 Å². The number of benzene rings is 4. The molecule has 192 valence electrons. The van der Waals surface area contributed by atoms with Crippen molar-refractivity contribution in [3.8, 4) is 23.0 Å². The molecule has 7 rings (SSSR count). The summed E-state index contributed by atoms with van der Waals surface area (Å²) in [4.78, 5) is 7.21. The first-order valence-electron chi connectivity index (χ1n) is 13.9. The fraction of sp³-hybridized carbons (Fsp3) is 0.273. The molecule has 3 heterocycles. The standard InChI is InChI=1S/C33H33N3O2/c1-5-34(6-2)22-17-24-30-28(19-22)37-26-15-12-16-27-32(26)33(30)31-25(36(24)21-13-10-9-11-14-21)18-23(20-29(31)38-27)35(7-3)8-4/h9-20,33H,5-8H2,1-4H3. The van der Waals surface area contributed by atoms with Crippen molar-refractivity contribution in [1.82, 2.24) is 0 Å². The number of rotatable bonds is 7. The van der Waals surface area contributed by atoms with Crippen molar-refractivity contribution in [2.45, 2.75) is 33.6 Å². The van der Waals surface area contributed by atoms with Crippen molar-refractivity contribution in [1.29, 1.82) is 0 Å². The summed E-state index contributed by atoms with van der Waals surface area (Å²) in [6, 6.07) is 26.1. The van der Waals surface area contributed by atoms with Gasteiger partial charge >= 0.3 is 0 Å². The molecule has 0 N–H and O–H groups in total. The Morgan fingerprint density at radius 2 is 1.08 bits per heavy atom. The van der Waals surface area contributed by atoms with Gasteiger partial charge in [-0.05, 0) is 64.1 Å². The van der Waals surface area contributed by atoms with E-state index in [0.29, 0.717) is 0 Å². The highest BCUT2D eigenvalue weighted by atomic mass is 16.5. The Hall–Kier alpha value is -4.12. The first-order valence-corrected chi connectivity index (χ1v) is 13.9. The van der Waals surface area contributed by atoms with Crippen LogP contribution in [0.1, 0.15) is 50.3 Å². The third-order valence-electron chi connectivity index (χ3n) is 8.30. The molecule has 0 saturated carbocycles. The Balaban J connectivity index is 1.59. The molecule has 3 aliphatic heterocycles. The maximum atomic E-state index is 6.67. The summed E-state index contributed by atoms with van der Waals surface area (Å²) in [5.41, 5.74) is 9.42. The normalized spacial score (nSPS) is 13.9. The average Bonchev–Trinajstić information content (AvgIpc) is 2.94. The molecular weight excluding hydrogens is 470 g/mol. The van der Waals surface area contributed by atoms with Crippen molar-refractivity contribution in [3.05, 3.63) is 89.5 Å². The van der Waals surface area contributed by atoms with Gasteiger partial charge in [0.05, 0.1) is 17.3 Å². The van der Waals surface area contributed by atoms with Gasteiger partial charge in [0.25, 0.3) is 0 Å². The lowest BCUT2D eigenvalue weighted by Crippen LogP contribution is -2.30. The zero-order valence-corrected chi connectivity index (χ0v) is 22.5. The molecule has 0 fully saturated rings. The zero-order valence-electron chi connectivity index (χ0n) is 22.5. The molecular formula is C33H33N3O2. The van der Waals surface area contributed by atoms with Crippen LogP contribution in [0.3, 0.4) is 0 Å². The van der Waals surface area contributed by atoms with E-state index in [9.17, 15) is 0 Å². The molecule has 4 aromatic carbocycles. The largest absolute Gasteiger partial charge is 0.456 e. The highest BCUT2D eigenvalue weighted by molar-refractivity contribution is 5.94. The van der Waals surface area contributed by atoms with Gasteiger partial charge in [-0.2, -0.15) is 0 Å². The quantitative estimate of drug-likeness (QED) is 0.217. The third kappa shape index (κ3) is 3.17. The van der Waals surface area contributed by atoms with Gasteiger partial charge in [-0.25, -0.2) is 0 Å². The maximum absolute atomic E-state index is 6.67. The minimum atomic E-state index is 0.0650. The summed E-state index contributed by atoms with van der Waals surface area (Å²) in [5.74, 6) is 3.72. The van der Waals surface area contributed by atoms with E-state index in [-0.39, 0.29) is 5.92 Å². The Labute approximate surface area is 224 Å². The molecule has 0 bridgehead atoms. The molecule has 0 amide bonds. The predicted octanol–water partition coefficient (Wildman–Crippen LogP) is 8.55. The summed E-state index contributed by atoms with van der Waals surface area (Å²) < 4.78 is 13.3. The van der Waals surface area contributed by atoms with Crippen LogP contribution >= 0.6 is 0 Å². The fourth-order valence-corrected chi connectivity index (χ4v) is 6.50. The Kier molecular flexibility index (Phi) is 5.29. The van der Waals surface area contributed by atoms with E-state index in [1.165, 1.54) is 33.9 Å². The highest BCUT2D eigenvalue weighted by Crippen LogP contribution is 2.65. The highest BCUT2D eigenvalue weighted by Gasteiger charge is 2.45. The van der Waals surface area contributed by atoms with Crippen molar-refractivity contribution < 1.29 is 9.47 Å². The van der Waals surface area contributed by atoms with E-state index < -0.39 is 0 Å². The molecule has 0 saturated heterocycles. The van der Waals surface area contributed by atoms with Gasteiger partial charge in [-0.1, -0.05) is 24.3 Å². The second-order valence-corrected chi connectivity index (χ2v) is 10.1. The zero-order chi connectivity index (χ0) is 26.0. The number of ether oxygens (including phenoxy) is 2. The van der Waals surface area contributed by atoms with Gasteiger partial charge in [0, 0.05) is 72.1 Å². The van der Waals surface area contributed by atoms with E-state index >= 15 is 0 Å². The van der Waals surface area contributed by atoms with Gasteiger partial charge in [-0.15, -0.1) is 0 Å². The first-order chi connectivity index (χ1) is 18.7. The lowest BCUT2D eigenvalue weighted by atomic mass is 9.75. The number of para-hydroxylation sites is 1. The summed E-state index contributed by atoms with van der Waals surface area (Å²) in [5, 5.41) is 0. The topological polar surface area (TPSA) is 28.2 Å². The summed E-state index contributed by atoms with van der Waals surface area (Å²) in [6.07, 6.45) is 0. The molecule has 4 aromatic rings. The second kappa shape index (κ2) is 8.73. The fourth-order valence-electron chi connectivity index (χ4n) is 6.50. The van der Waals surface area contributed by atoms with Crippen molar-refractivity contribution in [2.75, 3.05) is 40.9 Å². The number of hydrogen-bond acceptors (Lipinski definition) is 5. The van der Waals surface area contributed by atoms with Crippen LogP contribution in [0.4, 0.5) is 28.4 Å². The van der Waals surface area contributed by atoms with Crippen LogP contribution in [0.2, 0.25) is 0 Å². The van der Waals surface area contributed by atoms with E-state index in [1.807, 2.05) is 6.07 Å². The van der Waals surface area contributed by atoms with Crippen LogP contribution in [0.5, 0.6) is 23.0 Å². The van der Waals surface area contributed by atoms with E-state index in [2.05, 4.69) is 109 Å². The number of nitrogens with zero attached hydrogens (tertiary/aromatic N) is 3. The van der Waals surface area contributed by atoms with Crippen LogP contribution in [-0.2, 0) is 0 Å². The lowest BCUT2D eigenvalue weighted by molar-refractivity contribution is 0.409. The molecule has 0 atom stereocenters. The molecule has 5 heteroatoms. The van der Waals surface area contributed by atoms with Crippen molar-refractivity contribution in [2.24, 2.45) is 0 Å². The first kappa shape index (κ1) is 23.0. The molecule has 5 nitrogen and oxygen atoms in total. The van der Waals surface area contributed by atoms with Crippen LogP contribution < -0.4 is 24.2 Å². The summed E-state index contributed by atoms with van der Waals surface area (Å²) in [7, 11) is 0. The van der Waals surface area contributed by atoms with Crippen LogP contribution in [0, 0.1) is 0 Å². The van der Waals surface area contributed by atoms with Crippen molar-refractivity contribution >= 4 is 28.4 Å². The summed E-state index contributed by atoms with van der Waals surface area (Å²) >= 11 is 0. The third-order valence-corrected chi connectivity index (χ3v) is 8.30. The van der Waals surface area contributed by atoms with Crippen LogP contribution in [-0.4, -0.2) is 26.2 Å². The minimum absolute atomic E-state index is 0.0650. The van der Waals surface area contributed by atoms with Gasteiger partial charge in [0.15, 0.2) is 0 Å². The smallest absolute Gasteiger partial charge is 0.135 e. The predicted molar refractivity (Wildman–Crippen MR) is 156 cm³/mol. The monoisotopic (exact) mass is 503 g/mol.